The molecule has 1 heterocycles. The van der Waals surface area contributed by atoms with Crippen LogP contribution in [0, 0.1) is 0 Å². The lowest BCUT2D eigenvalue weighted by Crippen LogP contribution is -2.36. The maximum atomic E-state index is 12.2. The van der Waals surface area contributed by atoms with Gasteiger partial charge in [-0.05, 0) is 6.92 Å². The largest absolute Gasteiger partial charge is 0.408 e. The molecular formula is C10H12ClF3N4O2. The fourth-order valence-corrected chi connectivity index (χ4v) is 1.56. The molecule has 0 aliphatic carbocycles. The minimum atomic E-state index is -4.58. The molecule has 1 rings (SSSR count). The highest BCUT2D eigenvalue weighted by molar-refractivity contribution is 6.33. The van der Waals surface area contributed by atoms with Gasteiger partial charge >= 0.3 is 6.18 Å². The fourth-order valence-electron chi connectivity index (χ4n) is 1.36. The van der Waals surface area contributed by atoms with Crippen LogP contribution >= 0.6 is 11.6 Å². The van der Waals surface area contributed by atoms with Gasteiger partial charge in [-0.3, -0.25) is 9.59 Å². The molecule has 10 heteroatoms. The van der Waals surface area contributed by atoms with Gasteiger partial charge in [-0.1, -0.05) is 11.6 Å². The van der Waals surface area contributed by atoms with E-state index in [0.29, 0.717) is 0 Å². The molecule has 0 aliphatic rings. The first-order valence-electron chi connectivity index (χ1n) is 5.46. The number of carbonyl (C=O) groups is 1. The number of rotatable bonds is 4. The van der Waals surface area contributed by atoms with E-state index in [4.69, 9.17) is 11.6 Å². The second-order valence-corrected chi connectivity index (χ2v) is 4.31. The van der Waals surface area contributed by atoms with E-state index >= 15 is 0 Å². The summed E-state index contributed by atoms with van der Waals surface area (Å²) in [6.07, 6.45) is -3.61. The Hall–Kier alpha value is -1.77. The highest BCUT2D eigenvalue weighted by Gasteiger charge is 2.30. The Morgan fingerprint density at radius 2 is 2.15 bits per heavy atom. The summed E-state index contributed by atoms with van der Waals surface area (Å²) in [5.41, 5.74) is -1.09. The molecule has 6 nitrogen and oxygen atoms in total. The predicted molar refractivity (Wildman–Crippen MR) is 66.7 cm³/mol. The third-order valence-electron chi connectivity index (χ3n) is 2.33. The van der Waals surface area contributed by atoms with Gasteiger partial charge in [0.25, 0.3) is 5.56 Å². The van der Waals surface area contributed by atoms with Crippen LogP contribution in [0.1, 0.15) is 6.92 Å². The lowest BCUT2D eigenvalue weighted by Gasteiger charge is -2.15. The second-order valence-electron chi connectivity index (χ2n) is 3.93. The maximum absolute atomic E-state index is 12.2. The molecule has 1 aromatic rings. The van der Waals surface area contributed by atoms with Crippen LogP contribution in [0.25, 0.3) is 0 Å². The number of nitrogens with one attached hydrogen (secondary N) is 2. The van der Waals surface area contributed by atoms with Crippen LogP contribution in [-0.2, 0) is 11.3 Å². The van der Waals surface area contributed by atoms with Crippen LogP contribution in [0.15, 0.2) is 11.0 Å². The standard InChI is InChI=1S/C10H12ClF3N4O2/c1-5(8(19)15-2)17-6-3-16-18(4-10(12,13)14)9(20)7(6)11/h3,5,17H,4H2,1-2H3,(H,15,19). The number of anilines is 1. The van der Waals surface area contributed by atoms with E-state index < -0.39 is 29.3 Å². The van der Waals surface area contributed by atoms with Gasteiger partial charge in [0.2, 0.25) is 5.91 Å². The first-order chi connectivity index (χ1) is 9.15. The fraction of sp³-hybridized carbons (Fsp3) is 0.500. The average Bonchev–Trinajstić information content (AvgIpc) is 2.35. The number of likely N-dealkylation sites (N-methyl/N-ethyl adjacent to an activating group) is 1. The van der Waals surface area contributed by atoms with Crippen molar-refractivity contribution in [1.29, 1.82) is 0 Å². The van der Waals surface area contributed by atoms with Gasteiger partial charge in [-0.15, -0.1) is 0 Å². The van der Waals surface area contributed by atoms with Crippen LogP contribution < -0.4 is 16.2 Å². The molecule has 0 saturated carbocycles. The van der Waals surface area contributed by atoms with Crippen molar-refractivity contribution in [2.24, 2.45) is 0 Å². The van der Waals surface area contributed by atoms with Gasteiger partial charge in [-0.25, -0.2) is 4.68 Å². The van der Waals surface area contributed by atoms with Gasteiger partial charge < -0.3 is 10.6 Å². The van der Waals surface area contributed by atoms with Gasteiger partial charge in [-0.2, -0.15) is 18.3 Å². The Morgan fingerprint density at radius 1 is 1.55 bits per heavy atom. The van der Waals surface area contributed by atoms with E-state index in [1.54, 1.807) is 0 Å². The Kier molecular flexibility index (Phi) is 4.98. The SMILES string of the molecule is CNC(=O)C(C)Nc1cnn(CC(F)(F)F)c(=O)c1Cl. The van der Waals surface area contributed by atoms with E-state index in [-0.39, 0.29) is 16.3 Å². The summed E-state index contributed by atoms with van der Waals surface area (Å²) in [4.78, 5) is 22.9. The molecule has 20 heavy (non-hydrogen) atoms. The van der Waals surface area contributed by atoms with Gasteiger partial charge in [0.05, 0.1) is 11.9 Å². The highest BCUT2D eigenvalue weighted by atomic mass is 35.5. The van der Waals surface area contributed by atoms with Crippen molar-refractivity contribution < 1.29 is 18.0 Å². The van der Waals surface area contributed by atoms with Gasteiger partial charge in [0, 0.05) is 7.05 Å². The molecule has 0 radical (unpaired) electrons. The summed E-state index contributed by atoms with van der Waals surface area (Å²) in [5.74, 6) is -0.375. The number of amides is 1. The smallest absolute Gasteiger partial charge is 0.371 e. The third kappa shape index (κ3) is 4.12. The zero-order chi connectivity index (χ0) is 15.5. The molecule has 0 fully saturated rings. The van der Waals surface area contributed by atoms with Gasteiger partial charge in [0.15, 0.2) is 0 Å². The molecule has 1 unspecified atom stereocenters. The number of aromatic nitrogens is 2. The van der Waals surface area contributed by atoms with Crippen molar-refractivity contribution >= 4 is 23.2 Å². The molecule has 0 bridgehead atoms. The Bertz CT molecular complexity index is 558. The Morgan fingerprint density at radius 3 is 2.65 bits per heavy atom. The number of hydrogen-bond acceptors (Lipinski definition) is 4. The third-order valence-corrected chi connectivity index (χ3v) is 2.69. The lowest BCUT2D eigenvalue weighted by atomic mass is 10.3. The zero-order valence-electron chi connectivity index (χ0n) is 10.6. The number of alkyl halides is 3. The van der Waals surface area contributed by atoms with Crippen LogP contribution in [-0.4, -0.2) is 35.0 Å². The highest BCUT2D eigenvalue weighted by Crippen LogP contribution is 2.19. The quantitative estimate of drug-likeness (QED) is 0.870. The topological polar surface area (TPSA) is 76.0 Å². The van der Waals surface area contributed by atoms with E-state index in [2.05, 4.69) is 15.7 Å². The number of carbonyl (C=O) groups excluding carboxylic acids is 1. The number of nitrogens with zero attached hydrogens (tertiary/aromatic N) is 2. The van der Waals surface area contributed by atoms with Crippen molar-refractivity contribution in [3.8, 4) is 0 Å². The Balaban J connectivity index is 3.01. The molecule has 0 saturated heterocycles. The molecule has 1 aromatic heterocycles. The Labute approximate surface area is 116 Å². The lowest BCUT2D eigenvalue weighted by molar-refractivity contribution is -0.143. The van der Waals surface area contributed by atoms with Crippen LogP contribution in [0.3, 0.4) is 0 Å². The van der Waals surface area contributed by atoms with Crippen LogP contribution in [0.4, 0.5) is 18.9 Å². The molecule has 1 atom stereocenters. The zero-order valence-corrected chi connectivity index (χ0v) is 11.3. The van der Waals surface area contributed by atoms with E-state index in [1.165, 1.54) is 14.0 Å². The van der Waals surface area contributed by atoms with Crippen molar-refractivity contribution in [1.82, 2.24) is 15.1 Å². The number of hydrogen-bond donors (Lipinski definition) is 2. The van der Waals surface area contributed by atoms with Crippen molar-refractivity contribution in [2.45, 2.75) is 25.7 Å². The molecule has 1 amide bonds. The van der Waals surface area contributed by atoms with E-state index in [1.807, 2.05) is 0 Å². The first-order valence-corrected chi connectivity index (χ1v) is 5.84. The summed E-state index contributed by atoms with van der Waals surface area (Å²) < 4.78 is 36.8. The minimum Gasteiger partial charge on any atom is -0.371 e. The minimum absolute atomic E-state index is 0.00816. The summed E-state index contributed by atoms with van der Waals surface area (Å²) in [6.45, 7) is -0.0345. The molecule has 112 valence electrons. The van der Waals surface area contributed by atoms with E-state index in [0.717, 1.165) is 6.20 Å². The van der Waals surface area contributed by atoms with Crippen molar-refractivity contribution in [2.75, 3.05) is 12.4 Å². The molecule has 0 aliphatic heterocycles. The second kappa shape index (κ2) is 6.12. The molecular weight excluding hydrogens is 301 g/mol. The molecule has 2 N–H and O–H groups in total. The van der Waals surface area contributed by atoms with Crippen molar-refractivity contribution in [3.05, 3.63) is 21.6 Å². The number of halogens is 4. The summed E-state index contributed by atoms with van der Waals surface area (Å²) >= 11 is 5.68. The molecule has 0 spiro atoms. The summed E-state index contributed by atoms with van der Waals surface area (Å²) in [6, 6.07) is -0.725. The maximum Gasteiger partial charge on any atom is 0.408 e. The molecule has 0 aromatic carbocycles. The first kappa shape index (κ1) is 16.3. The predicted octanol–water partition coefficient (Wildman–Crippen LogP) is 1.01. The summed E-state index contributed by atoms with van der Waals surface area (Å²) in [5, 5.41) is 7.86. The van der Waals surface area contributed by atoms with Gasteiger partial charge in [0.1, 0.15) is 17.6 Å². The normalized spacial score (nSPS) is 12.9. The van der Waals surface area contributed by atoms with Crippen molar-refractivity contribution in [3.63, 3.8) is 0 Å². The van der Waals surface area contributed by atoms with Crippen LogP contribution in [0.5, 0.6) is 0 Å². The summed E-state index contributed by atoms with van der Waals surface area (Å²) in [7, 11) is 1.42. The monoisotopic (exact) mass is 312 g/mol. The van der Waals surface area contributed by atoms with Crippen LogP contribution in [0.2, 0.25) is 5.02 Å². The average molecular weight is 313 g/mol. The van der Waals surface area contributed by atoms with E-state index in [9.17, 15) is 22.8 Å².